The van der Waals surface area contributed by atoms with Crippen molar-refractivity contribution in [1.29, 1.82) is 0 Å². The van der Waals surface area contributed by atoms with Gasteiger partial charge in [0.15, 0.2) is 0 Å². The Morgan fingerprint density at radius 2 is 1.74 bits per heavy atom. The Hall–Kier alpha value is -2.34. The van der Waals surface area contributed by atoms with Crippen molar-refractivity contribution in [2.24, 2.45) is 0 Å². The van der Waals surface area contributed by atoms with Gasteiger partial charge in [0.2, 0.25) is 0 Å². The van der Waals surface area contributed by atoms with Crippen LogP contribution in [0.4, 0.5) is 5.69 Å². The first-order valence-corrected chi connectivity index (χ1v) is 8.69. The number of carbonyl (C=O) groups excluding carboxylic acids is 1. The first kappa shape index (κ1) is 17.0. The molecule has 1 N–H and O–H groups in total. The van der Waals surface area contributed by atoms with Crippen LogP contribution in [0.2, 0.25) is 0 Å². The second kappa shape index (κ2) is 6.83. The highest BCUT2D eigenvalue weighted by atomic mass is 32.2. The van der Waals surface area contributed by atoms with Gasteiger partial charge in [-0.1, -0.05) is 17.7 Å². The first-order chi connectivity index (χ1) is 10.8. The van der Waals surface area contributed by atoms with E-state index in [4.69, 9.17) is 4.74 Å². The van der Waals surface area contributed by atoms with Crippen molar-refractivity contribution in [2.75, 3.05) is 11.3 Å². The summed E-state index contributed by atoms with van der Waals surface area (Å²) in [6.07, 6.45) is 0. The highest BCUT2D eigenvalue weighted by molar-refractivity contribution is 7.92. The average molecular weight is 333 g/mol. The Labute approximate surface area is 136 Å². The monoisotopic (exact) mass is 333 g/mol. The largest absolute Gasteiger partial charge is 0.462 e. The highest BCUT2D eigenvalue weighted by Crippen LogP contribution is 2.20. The summed E-state index contributed by atoms with van der Waals surface area (Å²) < 4.78 is 32.3. The Morgan fingerprint density at radius 1 is 1.09 bits per heavy atom. The number of sulfonamides is 1. The normalized spacial score (nSPS) is 11.1. The number of rotatable bonds is 5. The zero-order valence-corrected chi connectivity index (χ0v) is 14.1. The number of anilines is 1. The molecule has 0 aliphatic rings. The SMILES string of the molecule is CCOC(=O)c1ccc(NS(=O)(=O)c2ccc(C)cc2C)cc1. The second-order valence-electron chi connectivity index (χ2n) is 5.17. The molecule has 0 saturated carbocycles. The lowest BCUT2D eigenvalue weighted by molar-refractivity contribution is 0.0526. The zero-order chi connectivity index (χ0) is 17.0. The minimum atomic E-state index is -3.67. The van der Waals surface area contributed by atoms with Crippen molar-refractivity contribution >= 4 is 21.7 Å². The van der Waals surface area contributed by atoms with Crippen LogP contribution in [0.3, 0.4) is 0 Å². The fourth-order valence-corrected chi connectivity index (χ4v) is 3.49. The summed E-state index contributed by atoms with van der Waals surface area (Å²) in [6.45, 7) is 5.68. The van der Waals surface area contributed by atoms with Crippen LogP contribution in [0, 0.1) is 13.8 Å². The lowest BCUT2D eigenvalue weighted by Gasteiger charge is -2.11. The van der Waals surface area contributed by atoms with Crippen LogP contribution in [0.25, 0.3) is 0 Å². The van der Waals surface area contributed by atoms with E-state index < -0.39 is 16.0 Å². The molecule has 2 rings (SSSR count). The van der Waals surface area contributed by atoms with Crippen molar-refractivity contribution in [3.63, 3.8) is 0 Å². The Bertz CT molecular complexity index is 811. The molecule has 0 saturated heterocycles. The fourth-order valence-electron chi connectivity index (χ4n) is 2.20. The molecule has 0 aliphatic heterocycles. The molecular weight excluding hydrogens is 314 g/mol. The number of hydrogen-bond donors (Lipinski definition) is 1. The number of benzene rings is 2. The van der Waals surface area contributed by atoms with Gasteiger partial charge in [0, 0.05) is 5.69 Å². The summed E-state index contributed by atoms with van der Waals surface area (Å²) >= 11 is 0. The number of aryl methyl sites for hydroxylation is 2. The molecule has 0 heterocycles. The average Bonchev–Trinajstić information content (AvgIpc) is 2.47. The standard InChI is InChI=1S/C17H19NO4S/c1-4-22-17(19)14-6-8-15(9-7-14)18-23(20,21)16-10-5-12(2)11-13(16)3/h5-11,18H,4H2,1-3H3. The van der Waals surface area contributed by atoms with Crippen LogP contribution in [0.1, 0.15) is 28.4 Å². The molecule has 0 aromatic heterocycles. The molecule has 0 fully saturated rings. The van der Waals surface area contributed by atoms with Gasteiger partial charge < -0.3 is 4.74 Å². The maximum Gasteiger partial charge on any atom is 0.338 e. The number of nitrogens with one attached hydrogen (secondary N) is 1. The van der Waals surface area contributed by atoms with Crippen molar-refractivity contribution in [1.82, 2.24) is 0 Å². The molecule has 0 radical (unpaired) electrons. The molecular formula is C17H19NO4S. The quantitative estimate of drug-likeness (QED) is 0.852. The van der Waals surface area contributed by atoms with Gasteiger partial charge in [-0.05, 0) is 56.7 Å². The predicted molar refractivity (Wildman–Crippen MR) is 89.1 cm³/mol. The molecule has 0 aliphatic carbocycles. The highest BCUT2D eigenvalue weighted by Gasteiger charge is 2.17. The van der Waals surface area contributed by atoms with Gasteiger partial charge in [0.25, 0.3) is 10.0 Å². The molecule has 122 valence electrons. The van der Waals surface area contributed by atoms with E-state index in [0.29, 0.717) is 23.4 Å². The second-order valence-corrected chi connectivity index (χ2v) is 6.82. The van der Waals surface area contributed by atoms with Crippen LogP contribution in [-0.2, 0) is 14.8 Å². The van der Waals surface area contributed by atoms with Gasteiger partial charge in [-0.3, -0.25) is 4.72 Å². The maximum atomic E-state index is 12.5. The van der Waals surface area contributed by atoms with Gasteiger partial charge in [0.1, 0.15) is 0 Å². The molecule has 0 bridgehead atoms. The fraction of sp³-hybridized carbons (Fsp3) is 0.235. The van der Waals surface area contributed by atoms with Crippen LogP contribution in [0.15, 0.2) is 47.4 Å². The van der Waals surface area contributed by atoms with Gasteiger partial charge in [0.05, 0.1) is 17.1 Å². The minimum absolute atomic E-state index is 0.234. The van der Waals surface area contributed by atoms with E-state index in [2.05, 4.69) is 4.72 Å². The van der Waals surface area contributed by atoms with E-state index >= 15 is 0 Å². The molecule has 6 heteroatoms. The lowest BCUT2D eigenvalue weighted by Crippen LogP contribution is -2.14. The van der Waals surface area contributed by atoms with E-state index in [9.17, 15) is 13.2 Å². The summed E-state index contributed by atoms with van der Waals surface area (Å²) in [5, 5.41) is 0. The Morgan fingerprint density at radius 3 is 2.30 bits per heavy atom. The minimum Gasteiger partial charge on any atom is -0.462 e. The number of carbonyl (C=O) groups is 1. The van der Waals surface area contributed by atoms with E-state index in [1.807, 2.05) is 13.0 Å². The number of esters is 1. The summed E-state index contributed by atoms with van der Waals surface area (Å²) in [5.74, 6) is -0.434. The summed E-state index contributed by atoms with van der Waals surface area (Å²) in [5.41, 5.74) is 2.44. The smallest absolute Gasteiger partial charge is 0.338 e. The molecule has 0 unspecified atom stereocenters. The molecule has 2 aromatic rings. The summed E-state index contributed by atoms with van der Waals surface area (Å²) in [6, 6.07) is 11.3. The Kier molecular flexibility index (Phi) is 5.05. The van der Waals surface area contributed by atoms with Crippen molar-refractivity contribution < 1.29 is 17.9 Å². The molecule has 0 atom stereocenters. The first-order valence-electron chi connectivity index (χ1n) is 7.21. The van der Waals surface area contributed by atoms with Crippen LogP contribution >= 0.6 is 0 Å². The van der Waals surface area contributed by atoms with Gasteiger partial charge in [-0.2, -0.15) is 0 Å². The number of hydrogen-bond acceptors (Lipinski definition) is 4. The van der Waals surface area contributed by atoms with Crippen LogP contribution < -0.4 is 4.72 Å². The summed E-state index contributed by atoms with van der Waals surface area (Å²) in [4.78, 5) is 11.8. The third-order valence-corrected chi connectivity index (χ3v) is 4.81. The third kappa shape index (κ3) is 4.10. The maximum absolute atomic E-state index is 12.5. The molecule has 2 aromatic carbocycles. The number of ether oxygens (including phenoxy) is 1. The predicted octanol–water partition coefficient (Wildman–Crippen LogP) is 3.28. The van der Waals surface area contributed by atoms with Crippen LogP contribution in [0.5, 0.6) is 0 Å². The van der Waals surface area contributed by atoms with Gasteiger partial charge in [-0.25, -0.2) is 13.2 Å². The molecule has 0 spiro atoms. The van der Waals surface area contributed by atoms with Crippen LogP contribution in [-0.4, -0.2) is 21.0 Å². The van der Waals surface area contributed by atoms with Crippen molar-refractivity contribution in [3.05, 3.63) is 59.2 Å². The van der Waals surface area contributed by atoms with Gasteiger partial charge >= 0.3 is 5.97 Å². The topological polar surface area (TPSA) is 72.5 Å². The van der Waals surface area contributed by atoms with E-state index in [-0.39, 0.29) is 4.90 Å². The third-order valence-electron chi connectivity index (χ3n) is 3.27. The van der Waals surface area contributed by atoms with Crippen molar-refractivity contribution in [3.8, 4) is 0 Å². The Balaban J connectivity index is 2.22. The molecule has 5 nitrogen and oxygen atoms in total. The zero-order valence-electron chi connectivity index (χ0n) is 13.3. The van der Waals surface area contributed by atoms with Gasteiger partial charge in [-0.15, -0.1) is 0 Å². The van der Waals surface area contributed by atoms with Crippen molar-refractivity contribution in [2.45, 2.75) is 25.7 Å². The molecule has 0 amide bonds. The van der Waals surface area contributed by atoms with E-state index in [1.165, 1.54) is 24.3 Å². The van der Waals surface area contributed by atoms with E-state index in [0.717, 1.165) is 5.56 Å². The van der Waals surface area contributed by atoms with E-state index in [1.54, 1.807) is 26.0 Å². The molecule has 23 heavy (non-hydrogen) atoms. The lowest BCUT2D eigenvalue weighted by atomic mass is 10.2. The summed E-state index contributed by atoms with van der Waals surface area (Å²) in [7, 11) is -3.67.